The van der Waals surface area contributed by atoms with Crippen molar-refractivity contribution in [2.24, 2.45) is 5.92 Å². The average molecular weight is 306 g/mol. The Labute approximate surface area is 127 Å². The van der Waals surface area contributed by atoms with Crippen LogP contribution in [0.2, 0.25) is 0 Å². The summed E-state index contributed by atoms with van der Waals surface area (Å²) in [7, 11) is 0. The SMILES string of the molecule is CCCC(CNC(=O)c1ccc2c(c1)OCC(=O)N2)C(=O)O. The maximum absolute atomic E-state index is 12.1. The summed E-state index contributed by atoms with van der Waals surface area (Å²) < 4.78 is 5.24. The molecule has 7 heteroatoms. The predicted molar refractivity (Wildman–Crippen MR) is 78.9 cm³/mol. The topological polar surface area (TPSA) is 105 Å². The summed E-state index contributed by atoms with van der Waals surface area (Å²) in [5.41, 5.74) is 0.873. The van der Waals surface area contributed by atoms with E-state index in [0.717, 1.165) is 6.42 Å². The van der Waals surface area contributed by atoms with Gasteiger partial charge in [-0.05, 0) is 24.6 Å². The number of anilines is 1. The van der Waals surface area contributed by atoms with E-state index < -0.39 is 11.9 Å². The summed E-state index contributed by atoms with van der Waals surface area (Å²) in [5, 5.41) is 14.3. The lowest BCUT2D eigenvalue weighted by molar-refractivity contribution is -0.141. The van der Waals surface area contributed by atoms with Crippen LogP contribution in [0.25, 0.3) is 0 Å². The van der Waals surface area contributed by atoms with Gasteiger partial charge in [0.2, 0.25) is 0 Å². The molecule has 3 N–H and O–H groups in total. The molecule has 1 heterocycles. The fourth-order valence-electron chi connectivity index (χ4n) is 2.20. The Bertz CT molecular complexity index is 600. The van der Waals surface area contributed by atoms with E-state index in [2.05, 4.69) is 10.6 Å². The van der Waals surface area contributed by atoms with Crippen LogP contribution in [-0.2, 0) is 9.59 Å². The zero-order valence-electron chi connectivity index (χ0n) is 12.2. The maximum atomic E-state index is 12.1. The van der Waals surface area contributed by atoms with Crippen LogP contribution in [0.4, 0.5) is 5.69 Å². The minimum atomic E-state index is -0.918. The highest BCUT2D eigenvalue weighted by molar-refractivity contribution is 5.99. The first-order valence-corrected chi connectivity index (χ1v) is 7.09. The minimum absolute atomic E-state index is 0.0800. The molecule has 0 spiro atoms. The maximum Gasteiger partial charge on any atom is 0.308 e. The monoisotopic (exact) mass is 306 g/mol. The van der Waals surface area contributed by atoms with Gasteiger partial charge in [0, 0.05) is 12.1 Å². The standard InChI is InChI=1S/C15H18N2O5/c1-2-3-10(15(20)21)7-16-14(19)9-4-5-11-12(6-9)22-8-13(18)17-11/h4-6,10H,2-3,7-8H2,1H3,(H,16,19)(H,17,18)(H,20,21). The van der Waals surface area contributed by atoms with E-state index in [4.69, 9.17) is 9.84 Å². The molecule has 1 unspecified atom stereocenters. The Kier molecular flexibility index (Phi) is 4.98. The van der Waals surface area contributed by atoms with Crippen molar-refractivity contribution in [1.29, 1.82) is 0 Å². The average Bonchev–Trinajstić information content (AvgIpc) is 2.50. The number of amides is 2. The van der Waals surface area contributed by atoms with E-state index in [1.807, 2.05) is 6.92 Å². The first kappa shape index (κ1) is 15.8. The molecule has 0 fully saturated rings. The highest BCUT2D eigenvalue weighted by Crippen LogP contribution is 2.28. The van der Waals surface area contributed by atoms with Gasteiger partial charge in [-0.1, -0.05) is 13.3 Å². The van der Waals surface area contributed by atoms with Crippen LogP contribution in [0, 0.1) is 5.92 Å². The second kappa shape index (κ2) is 6.93. The predicted octanol–water partition coefficient (Wildman–Crippen LogP) is 1.25. The Morgan fingerprint density at radius 1 is 1.45 bits per heavy atom. The van der Waals surface area contributed by atoms with E-state index in [0.29, 0.717) is 23.4 Å². The quantitative estimate of drug-likeness (QED) is 0.733. The van der Waals surface area contributed by atoms with E-state index in [-0.39, 0.29) is 25.0 Å². The minimum Gasteiger partial charge on any atom is -0.482 e. The van der Waals surface area contributed by atoms with Gasteiger partial charge in [-0.3, -0.25) is 14.4 Å². The van der Waals surface area contributed by atoms with Gasteiger partial charge in [-0.15, -0.1) is 0 Å². The lowest BCUT2D eigenvalue weighted by atomic mass is 10.0. The van der Waals surface area contributed by atoms with Crippen molar-refractivity contribution in [1.82, 2.24) is 5.32 Å². The van der Waals surface area contributed by atoms with E-state index in [1.165, 1.54) is 6.07 Å². The Balaban J connectivity index is 2.01. The number of hydrogen-bond acceptors (Lipinski definition) is 4. The molecule has 0 aromatic heterocycles. The molecule has 1 aromatic rings. The molecule has 22 heavy (non-hydrogen) atoms. The van der Waals surface area contributed by atoms with E-state index in [1.54, 1.807) is 12.1 Å². The van der Waals surface area contributed by atoms with Gasteiger partial charge in [-0.2, -0.15) is 0 Å². The van der Waals surface area contributed by atoms with Crippen molar-refractivity contribution in [3.05, 3.63) is 23.8 Å². The van der Waals surface area contributed by atoms with Gasteiger partial charge in [0.15, 0.2) is 6.61 Å². The summed E-state index contributed by atoms with van der Waals surface area (Å²) in [6, 6.07) is 4.67. The molecule has 1 aliphatic heterocycles. The summed E-state index contributed by atoms with van der Waals surface area (Å²) in [4.78, 5) is 34.3. The van der Waals surface area contributed by atoms with Crippen LogP contribution in [0.5, 0.6) is 5.75 Å². The fourth-order valence-corrected chi connectivity index (χ4v) is 2.20. The molecule has 7 nitrogen and oxygen atoms in total. The molecule has 0 radical (unpaired) electrons. The number of aliphatic carboxylic acids is 1. The summed E-state index contributed by atoms with van der Waals surface area (Å²) >= 11 is 0. The van der Waals surface area contributed by atoms with Crippen molar-refractivity contribution in [2.75, 3.05) is 18.5 Å². The molecule has 1 aromatic carbocycles. The number of nitrogens with one attached hydrogen (secondary N) is 2. The number of carbonyl (C=O) groups excluding carboxylic acids is 2. The third-order valence-electron chi connectivity index (χ3n) is 3.37. The number of carboxylic acids is 1. The number of hydrogen-bond donors (Lipinski definition) is 3. The molecule has 2 rings (SSSR count). The Morgan fingerprint density at radius 3 is 2.91 bits per heavy atom. The molecule has 0 saturated carbocycles. The summed E-state index contributed by atoms with van der Waals surface area (Å²) in [6.45, 7) is 1.89. The summed E-state index contributed by atoms with van der Waals surface area (Å²) in [6.07, 6.45) is 1.24. The van der Waals surface area contributed by atoms with Crippen molar-refractivity contribution >= 4 is 23.5 Å². The first-order valence-electron chi connectivity index (χ1n) is 7.09. The van der Waals surface area contributed by atoms with Crippen LogP contribution in [0.1, 0.15) is 30.1 Å². The van der Waals surface area contributed by atoms with Gasteiger partial charge >= 0.3 is 5.97 Å². The zero-order chi connectivity index (χ0) is 16.1. The number of carbonyl (C=O) groups is 3. The molecule has 0 saturated heterocycles. The van der Waals surface area contributed by atoms with E-state index >= 15 is 0 Å². The van der Waals surface area contributed by atoms with Crippen LogP contribution in [0.15, 0.2) is 18.2 Å². The molecule has 0 aliphatic carbocycles. The molecular formula is C15H18N2O5. The number of rotatable bonds is 6. The normalized spacial score (nSPS) is 14.3. The lowest BCUT2D eigenvalue weighted by Crippen LogP contribution is -2.33. The molecule has 2 amide bonds. The first-order chi connectivity index (χ1) is 10.5. The van der Waals surface area contributed by atoms with Gasteiger partial charge in [0.1, 0.15) is 5.75 Å². The Hall–Kier alpha value is -2.57. The second-order valence-corrected chi connectivity index (χ2v) is 5.08. The highest BCUT2D eigenvalue weighted by atomic mass is 16.5. The van der Waals surface area contributed by atoms with Crippen molar-refractivity contribution in [3.8, 4) is 5.75 Å². The smallest absolute Gasteiger partial charge is 0.308 e. The largest absolute Gasteiger partial charge is 0.482 e. The van der Waals surface area contributed by atoms with Crippen LogP contribution in [0.3, 0.4) is 0 Å². The fraction of sp³-hybridized carbons (Fsp3) is 0.400. The van der Waals surface area contributed by atoms with Crippen LogP contribution in [-0.4, -0.2) is 36.0 Å². The molecule has 0 bridgehead atoms. The number of ether oxygens (including phenoxy) is 1. The van der Waals surface area contributed by atoms with Crippen molar-refractivity contribution < 1.29 is 24.2 Å². The van der Waals surface area contributed by atoms with Crippen LogP contribution >= 0.6 is 0 Å². The molecular weight excluding hydrogens is 288 g/mol. The van der Waals surface area contributed by atoms with Crippen LogP contribution < -0.4 is 15.4 Å². The molecule has 1 aliphatic rings. The summed E-state index contributed by atoms with van der Waals surface area (Å²) in [5.74, 6) is -1.70. The number of benzene rings is 1. The molecule has 118 valence electrons. The Morgan fingerprint density at radius 2 is 2.23 bits per heavy atom. The van der Waals surface area contributed by atoms with Gasteiger partial charge < -0.3 is 20.5 Å². The van der Waals surface area contributed by atoms with Gasteiger partial charge in [0.25, 0.3) is 11.8 Å². The zero-order valence-corrected chi connectivity index (χ0v) is 12.2. The van der Waals surface area contributed by atoms with Crippen molar-refractivity contribution in [2.45, 2.75) is 19.8 Å². The number of carboxylic acid groups (broad SMARTS) is 1. The van der Waals surface area contributed by atoms with Gasteiger partial charge in [-0.25, -0.2) is 0 Å². The lowest BCUT2D eigenvalue weighted by Gasteiger charge is -2.18. The number of fused-ring (bicyclic) bond motifs is 1. The molecule has 1 atom stereocenters. The van der Waals surface area contributed by atoms with E-state index in [9.17, 15) is 14.4 Å². The highest BCUT2D eigenvalue weighted by Gasteiger charge is 2.20. The third-order valence-corrected chi connectivity index (χ3v) is 3.37. The van der Waals surface area contributed by atoms with Crippen molar-refractivity contribution in [3.63, 3.8) is 0 Å². The van der Waals surface area contributed by atoms with Gasteiger partial charge in [0.05, 0.1) is 11.6 Å². The second-order valence-electron chi connectivity index (χ2n) is 5.08. The third kappa shape index (κ3) is 3.75.